The monoisotopic (exact) mass is 419 g/mol. The lowest BCUT2D eigenvalue weighted by Gasteiger charge is -2.57. The molecule has 4 fully saturated rings. The maximum Gasteiger partial charge on any atom is 0.244 e. The van der Waals surface area contributed by atoms with Gasteiger partial charge in [-0.3, -0.25) is 9.59 Å². The molecular weight excluding hydrogens is 390 g/mol. The first-order valence-electron chi connectivity index (χ1n) is 11.2. The second-order valence-electron chi connectivity index (χ2n) is 9.68. The van der Waals surface area contributed by atoms with E-state index in [-0.39, 0.29) is 23.8 Å². The SMILES string of the molecule is C/C(=C\C(=O)NCC(=O)Nc1ccc(-n2cncn2)cc1)C12CC3CC(CC(C3)C1)C2. The Hall–Kier alpha value is -2.96. The van der Waals surface area contributed by atoms with E-state index in [1.165, 1.54) is 50.4 Å². The number of aromatic nitrogens is 3. The smallest absolute Gasteiger partial charge is 0.244 e. The third-order valence-corrected chi connectivity index (χ3v) is 7.48. The summed E-state index contributed by atoms with van der Waals surface area (Å²) in [4.78, 5) is 28.7. The van der Waals surface area contributed by atoms with E-state index in [2.05, 4.69) is 27.6 Å². The molecule has 4 aliphatic carbocycles. The number of hydrogen-bond acceptors (Lipinski definition) is 4. The highest BCUT2D eigenvalue weighted by Crippen LogP contribution is 2.62. The summed E-state index contributed by atoms with van der Waals surface area (Å²) < 4.78 is 1.64. The molecule has 7 heteroatoms. The first kappa shape index (κ1) is 20.0. The predicted molar refractivity (Wildman–Crippen MR) is 117 cm³/mol. The molecule has 2 amide bonds. The van der Waals surface area contributed by atoms with Gasteiger partial charge in [-0.1, -0.05) is 5.57 Å². The van der Waals surface area contributed by atoms with Gasteiger partial charge in [-0.05, 0) is 92.9 Å². The van der Waals surface area contributed by atoms with Crippen LogP contribution < -0.4 is 10.6 Å². The van der Waals surface area contributed by atoms with Gasteiger partial charge in [0.15, 0.2) is 0 Å². The molecule has 2 aromatic rings. The van der Waals surface area contributed by atoms with Crippen LogP contribution in [0.2, 0.25) is 0 Å². The first-order chi connectivity index (χ1) is 15.0. The van der Waals surface area contributed by atoms with Gasteiger partial charge in [0, 0.05) is 11.8 Å². The number of nitrogens with one attached hydrogen (secondary N) is 2. The van der Waals surface area contributed by atoms with Gasteiger partial charge in [0.05, 0.1) is 12.2 Å². The summed E-state index contributed by atoms with van der Waals surface area (Å²) in [5, 5.41) is 9.64. The summed E-state index contributed by atoms with van der Waals surface area (Å²) in [6.07, 6.45) is 12.7. The molecule has 0 unspecified atom stereocenters. The van der Waals surface area contributed by atoms with Crippen LogP contribution in [0.5, 0.6) is 0 Å². The fourth-order valence-electron chi connectivity index (χ4n) is 6.41. The van der Waals surface area contributed by atoms with E-state index in [9.17, 15) is 9.59 Å². The van der Waals surface area contributed by atoms with Crippen LogP contribution in [0, 0.1) is 23.2 Å². The Morgan fingerprint density at radius 2 is 1.74 bits per heavy atom. The van der Waals surface area contributed by atoms with Gasteiger partial charge in [-0.25, -0.2) is 9.67 Å². The number of anilines is 1. The zero-order chi connectivity index (χ0) is 21.4. The first-order valence-corrected chi connectivity index (χ1v) is 11.2. The Labute approximate surface area is 182 Å². The van der Waals surface area contributed by atoms with Gasteiger partial charge in [0.25, 0.3) is 0 Å². The van der Waals surface area contributed by atoms with E-state index in [1.54, 1.807) is 29.2 Å². The molecule has 0 spiro atoms. The van der Waals surface area contributed by atoms with Gasteiger partial charge in [-0.2, -0.15) is 5.10 Å². The van der Waals surface area contributed by atoms with Crippen LogP contribution >= 0.6 is 0 Å². The van der Waals surface area contributed by atoms with Crippen LogP contribution in [0.3, 0.4) is 0 Å². The van der Waals surface area contributed by atoms with Crippen LogP contribution in [0.4, 0.5) is 5.69 Å². The van der Waals surface area contributed by atoms with Crippen molar-refractivity contribution in [1.82, 2.24) is 20.1 Å². The van der Waals surface area contributed by atoms with Crippen molar-refractivity contribution in [2.75, 3.05) is 11.9 Å². The Kier molecular flexibility index (Phi) is 5.12. The third kappa shape index (κ3) is 4.13. The summed E-state index contributed by atoms with van der Waals surface area (Å²) >= 11 is 0. The highest BCUT2D eigenvalue weighted by atomic mass is 16.2. The van der Waals surface area contributed by atoms with Crippen molar-refractivity contribution in [1.29, 1.82) is 0 Å². The molecule has 7 nitrogen and oxygen atoms in total. The lowest BCUT2D eigenvalue weighted by atomic mass is 9.48. The lowest BCUT2D eigenvalue weighted by molar-refractivity contribution is -0.121. The predicted octanol–water partition coefficient (Wildman–Crippen LogP) is 3.48. The number of amides is 2. The minimum absolute atomic E-state index is 0.0473. The molecule has 0 aliphatic heterocycles. The number of carbonyl (C=O) groups excluding carboxylic acids is 2. The van der Waals surface area contributed by atoms with Crippen LogP contribution in [0.15, 0.2) is 48.6 Å². The minimum Gasteiger partial charge on any atom is -0.343 e. The maximum atomic E-state index is 12.5. The third-order valence-electron chi connectivity index (χ3n) is 7.48. The molecule has 0 saturated heterocycles. The normalized spacial score (nSPS) is 29.1. The summed E-state index contributed by atoms with van der Waals surface area (Å²) in [7, 11) is 0. The summed E-state index contributed by atoms with van der Waals surface area (Å²) in [5.41, 5.74) is 2.95. The van der Waals surface area contributed by atoms with Crippen LogP contribution in [0.25, 0.3) is 5.69 Å². The van der Waals surface area contributed by atoms with E-state index in [1.807, 2.05) is 12.1 Å². The number of benzene rings is 1. The van der Waals surface area contributed by atoms with Crippen LogP contribution in [-0.2, 0) is 9.59 Å². The molecule has 1 aromatic carbocycles. The van der Waals surface area contributed by atoms with Crippen molar-refractivity contribution in [3.05, 3.63) is 48.6 Å². The fourth-order valence-corrected chi connectivity index (χ4v) is 6.41. The Morgan fingerprint density at radius 3 is 2.32 bits per heavy atom. The Bertz CT molecular complexity index is 958. The molecule has 31 heavy (non-hydrogen) atoms. The zero-order valence-corrected chi connectivity index (χ0v) is 17.9. The van der Waals surface area contributed by atoms with Crippen LogP contribution in [0.1, 0.15) is 45.4 Å². The highest BCUT2D eigenvalue weighted by molar-refractivity contribution is 5.96. The standard InChI is InChI=1S/C24H29N5O2/c1-16(24-10-17-7-18(11-24)9-19(8-17)12-24)6-22(30)26-13-23(31)28-20-2-4-21(5-3-20)29-15-25-14-27-29/h2-6,14-15,17-19H,7-13H2,1H3,(H,26,30)(H,28,31)/b16-6+. The number of rotatable bonds is 6. The average Bonchev–Trinajstić information content (AvgIpc) is 3.27. The fraction of sp³-hybridized carbons (Fsp3) is 0.500. The number of carbonyl (C=O) groups is 2. The summed E-state index contributed by atoms with van der Waals surface area (Å²) in [5.74, 6) is 2.12. The quantitative estimate of drug-likeness (QED) is 0.702. The van der Waals surface area contributed by atoms with E-state index < -0.39 is 0 Å². The van der Waals surface area contributed by atoms with Gasteiger partial charge in [0.1, 0.15) is 12.7 Å². The minimum atomic E-state index is -0.247. The summed E-state index contributed by atoms with van der Waals surface area (Å²) in [6, 6.07) is 7.29. The van der Waals surface area contributed by atoms with Gasteiger partial charge in [-0.15, -0.1) is 0 Å². The maximum absolute atomic E-state index is 12.5. The topological polar surface area (TPSA) is 88.9 Å². The molecule has 0 atom stereocenters. The summed E-state index contributed by atoms with van der Waals surface area (Å²) in [6.45, 7) is 2.07. The molecule has 4 saturated carbocycles. The highest BCUT2D eigenvalue weighted by Gasteiger charge is 2.51. The lowest BCUT2D eigenvalue weighted by Crippen LogP contribution is -2.46. The van der Waals surface area contributed by atoms with E-state index in [0.29, 0.717) is 5.69 Å². The largest absolute Gasteiger partial charge is 0.343 e. The van der Waals surface area contributed by atoms with Gasteiger partial charge in [0.2, 0.25) is 11.8 Å². The molecule has 162 valence electrons. The van der Waals surface area contributed by atoms with Gasteiger partial charge >= 0.3 is 0 Å². The van der Waals surface area contributed by atoms with Crippen molar-refractivity contribution >= 4 is 17.5 Å². The molecular formula is C24H29N5O2. The number of hydrogen-bond donors (Lipinski definition) is 2. The zero-order valence-electron chi connectivity index (χ0n) is 17.9. The molecule has 4 aliphatic rings. The van der Waals surface area contributed by atoms with E-state index in [4.69, 9.17) is 0 Å². The Balaban J connectivity index is 1.14. The number of allylic oxidation sites excluding steroid dienone is 1. The molecule has 2 N–H and O–H groups in total. The van der Waals surface area contributed by atoms with E-state index in [0.717, 1.165) is 23.4 Å². The molecule has 4 bridgehead atoms. The molecule has 0 radical (unpaired) electrons. The molecule has 1 heterocycles. The Morgan fingerprint density at radius 1 is 1.10 bits per heavy atom. The average molecular weight is 420 g/mol. The van der Waals surface area contributed by atoms with Crippen molar-refractivity contribution < 1.29 is 9.59 Å². The van der Waals surface area contributed by atoms with Crippen LogP contribution in [-0.4, -0.2) is 33.1 Å². The van der Waals surface area contributed by atoms with Crippen molar-refractivity contribution in [3.63, 3.8) is 0 Å². The van der Waals surface area contributed by atoms with Crippen molar-refractivity contribution in [2.45, 2.75) is 45.4 Å². The number of nitrogens with zero attached hydrogens (tertiary/aromatic N) is 3. The van der Waals surface area contributed by atoms with E-state index >= 15 is 0 Å². The molecule has 1 aromatic heterocycles. The second kappa shape index (κ2) is 7.94. The van der Waals surface area contributed by atoms with Crippen molar-refractivity contribution in [2.24, 2.45) is 23.2 Å². The second-order valence-corrected chi connectivity index (χ2v) is 9.68. The van der Waals surface area contributed by atoms with Crippen molar-refractivity contribution in [3.8, 4) is 5.69 Å². The molecule has 6 rings (SSSR count). The van der Waals surface area contributed by atoms with Gasteiger partial charge < -0.3 is 10.6 Å².